The molecule has 0 radical (unpaired) electrons. The van der Waals surface area contributed by atoms with Gasteiger partial charge in [0, 0.05) is 101 Å². The topological polar surface area (TPSA) is 440 Å². The Morgan fingerprint density at radius 1 is 0.432 bits per heavy atom. The molecule has 0 atom stereocenters. The van der Waals surface area contributed by atoms with Gasteiger partial charge in [-0.1, -0.05) is 84.5 Å². The van der Waals surface area contributed by atoms with Gasteiger partial charge in [-0.25, -0.2) is 19.5 Å². The summed E-state index contributed by atoms with van der Waals surface area (Å²) in [5, 5.41) is 56.6. The average Bonchev–Trinajstić information content (AvgIpc) is 1.38. The maximum atomic E-state index is 12.8. The van der Waals surface area contributed by atoms with Gasteiger partial charge in [-0.05, 0) is 293 Å². The van der Waals surface area contributed by atoms with Crippen LogP contribution in [0.1, 0.15) is 267 Å². The van der Waals surface area contributed by atoms with Gasteiger partial charge < -0.3 is 101 Å². The van der Waals surface area contributed by atoms with E-state index >= 15 is 0 Å². The van der Waals surface area contributed by atoms with Gasteiger partial charge in [0.05, 0.1) is 123 Å². The van der Waals surface area contributed by atoms with Crippen LogP contribution in [0, 0.1) is 61.9 Å². The van der Waals surface area contributed by atoms with Crippen LogP contribution in [0.4, 0.5) is 80.0 Å². The van der Waals surface area contributed by atoms with Crippen LogP contribution in [0.5, 0.6) is 0 Å². The number of carboxylic acid groups (broad SMARTS) is 4. The molecule has 10 aromatic rings. The van der Waals surface area contributed by atoms with Crippen molar-refractivity contribution >= 4 is 139 Å². The van der Waals surface area contributed by atoms with Gasteiger partial charge in [-0.3, -0.25) is 48.1 Å². The lowest BCUT2D eigenvalue weighted by molar-refractivity contribution is -0.143. The van der Waals surface area contributed by atoms with E-state index in [9.17, 15) is 63.6 Å². The fourth-order valence-corrected chi connectivity index (χ4v) is 17.5. The first kappa shape index (κ1) is 112. The molecule has 4 fully saturated rings. The van der Waals surface area contributed by atoms with Crippen LogP contribution >= 0.6 is 0 Å². The van der Waals surface area contributed by atoms with Crippen molar-refractivity contribution in [3.05, 3.63) is 271 Å². The van der Waals surface area contributed by atoms with Crippen LogP contribution in [0.25, 0.3) is 29.8 Å². The maximum Gasteiger partial charge on any atom is 0.346 e. The van der Waals surface area contributed by atoms with Crippen molar-refractivity contribution in [1.82, 2.24) is 30.2 Å². The van der Waals surface area contributed by atoms with Crippen molar-refractivity contribution in [2.45, 2.75) is 209 Å². The number of aromatic nitrogens is 5. The molecule has 0 bridgehead atoms. The fraction of sp³-hybridized carbons (Fsp3) is 0.425. The number of nitrogens with zero attached hydrogens (tertiary/aromatic N) is 10. The van der Waals surface area contributed by atoms with E-state index in [2.05, 4.69) is 174 Å². The summed E-state index contributed by atoms with van der Waals surface area (Å²) in [5.41, 5.74) is 10.5. The third-order valence-corrected chi connectivity index (χ3v) is 28.6. The molecule has 4 saturated heterocycles. The molecule has 14 N–H and O–H groups in total. The highest BCUT2D eigenvalue weighted by Crippen LogP contribution is 2.45. The van der Waals surface area contributed by atoms with Gasteiger partial charge in [0.2, 0.25) is 22.9 Å². The van der Waals surface area contributed by atoms with Crippen LogP contribution in [-0.2, 0) is 51.1 Å². The van der Waals surface area contributed by atoms with Crippen LogP contribution in [0.3, 0.4) is 0 Å². The molecule has 5 amide bonds. The lowest BCUT2D eigenvalue weighted by atomic mass is 9.76. The number of hydrogen-bond acceptors (Lipinski definition) is 17. The quantitative estimate of drug-likeness (QED) is 0.0160. The number of furan rings is 1. The standard InChI is InChI=1S/C24H33N5O2.C24H27N3O3.C22H26N4O3.C22H25N3O4.C21H25N5O3/c1-17-8-11-29(12-9-17)22-14-18(24(2,3)27-10-13-31-5)6-7-20(22)28-23(30)21-15-19(25-4)16-26-21;1-23(2)10-8-15(9-11-23)18-12-16(24(3,4)22(29)30)6-7-19(18)27-21(28)20-13-17(25-5)14-26-20;1-14-7-9-26(10-8-14)19-11-15(22(2,3)21(28)29)5-6-17(19)25-20(27)18-12-16(23-4)13-24-18;1-14-9-11-25(12-10-14)17-13-15(22(2,3)21(27)28)5-6-16(17)24-20(26)18-7-8-19(23-4)29-18;1-13-7-9-26(10-8-13)16-11-14(21(2,3)20(28)29)5-6-15(16)24-19(27)18-23-12-17(22-4)25-18/h6-7,14-17,26-27H,8-13H2,1-3,5H3,(H,28,30);6-8,12-14,26H,9-11H2,1-4H3,(H,27,28)(H,29,30);5-6,11-14,24H,7-10H2,1-3H3,(H,25,27)(H,28,29);5-8,13-14H,9-12H2,1-3H3,(H,24,26)(H,27,28);5-6,11-13H,7-10H2,1-3H3,(H,23,25)(H,24,27)(H,28,29). The highest BCUT2D eigenvalue weighted by molar-refractivity contribution is 6.09. The van der Waals surface area contributed by atoms with Crippen LogP contribution in [0.15, 0.2) is 157 Å². The number of nitrogens with one attached hydrogen (secondary N) is 10. The third kappa shape index (κ3) is 28.4. The maximum absolute atomic E-state index is 12.8. The highest BCUT2D eigenvalue weighted by atomic mass is 16.5. The van der Waals surface area contributed by atoms with E-state index in [0.717, 1.165) is 181 Å². The number of H-pyrrole nitrogens is 4. The summed E-state index contributed by atoms with van der Waals surface area (Å²) in [7, 11) is 1.70. The smallest absolute Gasteiger partial charge is 0.346 e. The van der Waals surface area contributed by atoms with Gasteiger partial charge in [0.15, 0.2) is 5.76 Å². The first-order valence-corrected chi connectivity index (χ1v) is 49.8. The summed E-state index contributed by atoms with van der Waals surface area (Å²) >= 11 is 0. The lowest BCUT2D eigenvalue weighted by Crippen LogP contribution is -2.39. The van der Waals surface area contributed by atoms with Gasteiger partial charge >= 0.3 is 35.7 Å². The number of allylic oxidation sites excluding steroid dienone is 2. The molecule has 5 aromatic heterocycles. The van der Waals surface area contributed by atoms with E-state index in [1.54, 1.807) is 123 Å². The number of aromatic amines is 4. The molecular weight excluding hydrogens is 1880 g/mol. The first-order chi connectivity index (χ1) is 70.0. The fourth-order valence-electron chi connectivity index (χ4n) is 17.5. The number of aliphatic carboxylic acids is 4. The number of anilines is 9. The molecule has 0 spiro atoms. The van der Waals surface area contributed by atoms with Gasteiger partial charge in [0.1, 0.15) is 0 Å². The Hall–Kier alpha value is -16.0. The monoisotopic (exact) mass is 2010 g/mol. The predicted molar refractivity (Wildman–Crippen MR) is 577 cm³/mol. The Balaban J connectivity index is 0.000000176. The zero-order chi connectivity index (χ0) is 108. The number of hydrogen-bond donors (Lipinski definition) is 14. The second-order valence-electron chi connectivity index (χ2n) is 42.1. The molecule has 9 heterocycles. The number of carbonyl (C=O) groups is 9. The van der Waals surface area contributed by atoms with Gasteiger partial charge in [-0.15, -0.1) is 0 Å². The minimum Gasteiger partial charge on any atom is -0.481 e. The van der Waals surface area contributed by atoms with Crippen molar-refractivity contribution in [1.29, 1.82) is 0 Å². The SMILES string of the molecule is [C-]#[N+]c1c[nH]c(C(=O)Nc2ccc(C(C)(C)C(=O)O)cc2C2=CCC(C)(C)CC2)c1.[C-]#[N+]c1c[nH]c(C(=O)Nc2ccc(C(C)(C)C(=O)O)cc2N2CCC(C)CC2)c1.[C-]#[N+]c1c[nH]c(C(=O)Nc2ccc(C(C)(C)NCCOC)cc2N2CCC(C)CC2)c1.[C-]#[N+]c1ccc(C(=O)Nc2ccc(C(C)(C)C(=O)O)cc2N2CCC(C)CC2)o1.[C-]#[N+]c1cnc(C(=O)Nc2ccc(C(C)(C)C(=O)O)cc2N2CCC(C)CC2)[nH]1. The Morgan fingerprint density at radius 2 is 0.764 bits per heavy atom. The van der Waals surface area contributed by atoms with E-state index < -0.39 is 57.4 Å². The van der Waals surface area contributed by atoms with Crippen LogP contribution in [0.2, 0.25) is 0 Å². The Labute approximate surface area is 865 Å². The minimum absolute atomic E-state index is 0.0546. The molecule has 148 heavy (non-hydrogen) atoms. The number of methoxy groups -OCH3 is 1. The predicted octanol–water partition coefficient (Wildman–Crippen LogP) is 23.2. The zero-order valence-corrected chi connectivity index (χ0v) is 87.3. The molecule has 4 aliphatic heterocycles. The Morgan fingerprint density at radius 3 is 1.07 bits per heavy atom. The van der Waals surface area contributed by atoms with Crippen LogP contribution in [-0.4, -0.2) is 171 Å². The first-order valence-electron chi connectivity index (χ1n) is 49.8. The summed E-state index contributed by atoms with van der Waals surface area (Å²) in [6.07, 6.45) is 19.3. The molecule has 1 aliphatic carbocycles. The number of benzene rings is 5. The molecule has 5 aliphatic rings. The Kier molecular flexibility index (Phi) is 37.0. The number of piperidine rings is 4. The second kappa shape index (κ2) is 48.8. The molecule has 35 heteroatoms. The minimum atomic E-state index is -1.05. The normalized spacial score (nSPS) is 15.2. The van der Waals surface area contributed by atoms with Crippen LogP contribution < -0.4 is 51.5 Å². The molecular formula is C113H136N20O15. The van der Waals surface area contributed by atoms with E-state index in [1.807, 2.05) is 30.3 Å². The second-order valence-corrected chi connectivity index (χ2v) is 42.1. The van der Waals surface area contributed by atoms with Crippen molar-refractivity contribution in [2.24, 2.45) is 29.1 Å². The molecule has 5 aromatic carbocycles. The summed E-state index contributed by atoms with van der Waals surface area (Å²) in [6, 6.07) is 35.2. The Bertz CT molecular complexity index is 6370. The molecule has 778 valence electrons. The molecule has 15 rings (SSSR count). The van der Waals surface area contributed by atoms with E-state index in [-0.39, 0.29) is 52.0 Å². The number of amides is 5. The van der Waals surface area contributed by atoms with E-state index in [1.165, 1.54) is 42.9 Å². The number of carboxylic acids is 4. The van der Waals surface area contributed by atoms with Crippen molar-refractivity contribution < 1.29 is 72.7 Å². The molecule has 0 saturated carbocycles. The summed E-state index contributed by atoms with van der Waals surface area (Å²) < 4.78 is 10.4. The lowest BCUT2D eigenvalue weighted by Gasteiger charge is -2.35. The zero-order valence-electron chi connectivity index (χ0n) is 87.3. The molecule has 0 unspecified atom stereocenters. The highest BCUT2D eigenvalue weighted by Gasteiger charge is 2.38. The number of carbonyl (C=O) groups excluding carboxylic acids is 5. The average molecular weight is 2010 g/mol. The summed E-state index contributed by atoms with van der Waals surface area (Å²) in [5.74, 6) is -2.42. The van der Waals surface area contributed by atoms with Crippen molar-refractivity contribution in [3.8, 4) is 0 Å². The van der Waals surface area contributed by atoms with E-state index in [0.29, 0.717) is 104 Å². The van der Waals surface area contributed by atoms with Crippen molar-refractivity contribution in [3.63, 3.8) is 0 Å². The summed E-state index contributed by atoms with van der Waals surface area (Å²) in [4.78, 5) is 151. The van der Waals surface area contributed by atoms with Crippen molar-refractivity contribution in [2.75, 3.05) is 119 Å². The largest absolute Gasteiger partial charge is 0.481 e. The number of ether oxygens (including phenoxy) is 1. The van der Waals surface area contributed by atoms with Gasteiger partial charge in [-0.2, -0.15) is 4.85 Å². The van der Waals surface area contributed by atoms with Gasteiger partial charge in [0.25, 0.3) is 29.5 Å². The van der Waals surface area contributed by atoms with E-state index in [4.69, 9.17) is 42.0 Å². The number of imidazole rings is 1. The third-order valence-electron chi connectivity index (χ3n) is 28.6. The molecule has 35 nitrogen and oxygen atoms in total. The number of rotatable bonds is 28. The summed E-state index contributed by atoms with van der Waals surface area (Å²) in [6.45, 7) is 74.6.